The minimum Gasteiger partial charge on any atom is -0.372 e. The molecule has 1 amide bonds. The molecule has 27 heavy (non-hydrogen) atoms. The van der Waals surface area contributed by atoms with E-state index in [1.807, 2.05) is 41.6 Å². The molecule has 140 valence electrons. The predicted octanol–water partition coefficient (Wildman–Crippen LogP) is 3.70. The number of aromatic amines is 1. The van der Waals surface area contributed by atoms with Gasteiger partial charge in [-0.1, -0.05) is 24.3 Å². The molecule has 2 aromatic heterocycles. The average molecular weight is 363 g/mol. The second-order valence-corrected chi connectivity index (χ2v) is 7.14. The number of rotatable bonds is 6. The summed E-state index contributed by atoms with van der Waals surface area (Å²) in [5.74, 6) is 0.218. The van der Waals surface area contributed by atoms with Crippen molar-refractivity contribution in [2.45, 2.75) is 38.4 Å². The number of hydrogen-bond acceptors (Lipinski definition) is 3. The van der Waals surface area contributed by atoms with Gasteiger partial charge < -0.3 is 14.6 Å². The Morgan fingerprint density at radius 2 is 2.19 bits per heavy atom. The standard InChI is InChI=1S/C22H25N3O2/c26-22(10-9-18-14-24-21-8-2-1-7-20(18)21)25-12-4-6-19(15-25)27-16-17-5-3-11-23-13-17/h1-3,5,7-8,11,13-14,19,24H,4,6,9-10,12,15-16H2. The number of likely N-dealkylation sites (tertiary alicyclic amines) is 1. The van der Waals surface area contributed by atoms with Crippen molar-refractivity contribution in [1.29, 1.82) is 0 Å². The fraction of sp³-hybridized carbons (Fsp3) is 0.364. The minimum atomic E-state index is 0.107. The van der Waals surface area contributed by atoms with Crippen molar-refractivity contribution in [2.24, 2.45) is 0 Å². The highest BCUT2D eigenvalue weighted by molar-refractivity contribution is 5.84. The zero-order valence-corrected chi connectivity index (χ0v) is 15.4. The Kier molecular flexibility index (Phi) is 5.49. The number of nitrogens with zero attached hydrogens (tertiary/aromatic N) is 2. The molecule has 0 saturated carbocycles. The highest BCUT2D eigenvalue weighted by atomic mass is 16.5. The molecular weight excluding hydrogens is 338 g/mol. The lowest BCUT2D eigenvalue weighted by molar-refractivity contribution is -0.135. The fourth-order valence-corrected chi connectivity index (χ4v) is 3.74. The van der Waals surface area contributed by atoms with Crippen molar-refractivity contribution in [1.82, 2.24) is 14.9 Å². The molecule has 1 unspecified atom stereocenters. The lowest BCUT2D eigenvalue weighted by Gasteiger charge is -2.32. The quantitative estimate of drug-likeness (QED) is 0.726. The third-order valence-electron chi connectivity index (χ3n) is 5.22. The summed E-state index contributed by atoms with van der Waals surface area (Å²) in [6.07, 6.45) is 9.02. The van der Waals surface area contributed by atoms with Gasteiger partial charge in [0.05, 0.1) is 12.7 Å². The van der Waals surface area contributed by atoms with Gasteiger partial charge in [0.15, 0.2) is 0 Å². The van der Waals surface area contributed by atoms with Crippen molar-refractivity contribution >= 4 is 16.8 Å². The number of para-hydroxylation sites is 1. The lowest BCUT2D eigenvalue weighted by atomic mass is 10.1. The van der Waals surface area contributed by atoms with Crippen LogP contribution in [0.25, 0.3) is 10.9 Å². The third-order valence-corrected chi connectivity index (χ3v) is 5.22. The topological polar surface area (TPSA) is 58.2 Å². The van der Waals surface area contributed by atoms with Crippen molar-refractivity contribution in [2.75, 3.05) is 13.1 Å². The summed E-state index contributed by atoms with van der Waals surface area (Å²) in [4.78, 5) is 22.1. The zero-order chi connectivity index (χ0) is 18.5. The Balaban J connectivity index is 1.29. The van der Waals surface area contributed by atoms with E-state index in [1.165, 1.54) is 10.9 Å². The van der Waals surface area contributed by atoms with E-state index in [4.69, 9.17) is 4.74 Å². The molecule has 1 saturated heterocycles. The number of fused-ring (bicyclic) bond motifs is 1. The fourth-order valence-electron chi connectivity index (χ4n) is 3.74. The summed E-state index contributed by atoms with van der Waals surface area (Å²) >= 11 is 0. The SMILES string of the molecule is O=C(CCc1c[nH]c2ccccc12)N1CCCC(OCc2cccnc2)C1. The largest absolute Gasteiger partial charge is 0.372 e. The van der Waals surface area contributed by atoms with Crippen molar-refractivity contribution in [3.63, 3.8) is 0 Å². The van der Waals surface area contributed by atoms with Crippen LogP contribution in [0.15, 0.2) is 55.0 Å². The summed E-state index contributed by atoms with van der Waals surface area (Å²) in [5, 5.41) is 1.21. The molecule has 1 aliphatic heterocycles. The van der Waals surface area contributed by atoms with Gasteiger partial charge in [0.2, 0.25) is 5.91 Å². The minimum absolute atomic E-state index is 0.107. The molecule has 1 aromatic carbocycles. The van der Waals surface area contributed by atoms with E-state index in [0.29, 0.717) is 19.6 Å². The molecule has 0 spiro atoms. The Morgan fingerprint density at radius 3 is 3.07 bits per heavy atom. The van der Waals surface area contributed by atoms with Crippen LogP contribution in [0.4, 0.5) is 0 Å². The number of nitrogens with one attached hydrogen (secondary N) is 1. The van der Waals surface area contributed by atoms with Crippen molar-refractivity contribution in [3.05, 3.63) is 66.1 Å². The van der Waals surface area contributed by atoms with Gasteiger partial charge in [-0.3, -0.25) is 9.78 Å². The van der Waals surface area contributed by atoms with Crippen molar-refractivity contribution < 1.29 is 9.53 Å². The molecule has 3 heterocycles. The molecule has 1 fully saturated rings. The maximum Gasteiger partial charge on any atom is 0.222 e. The highest BCUT2D eigenvalue weighted by Crippen LogP contribution is 2.20. The summed E-state index contributed by atoms with van der Waals surface area (Å²) in [5.41, 5.74) is 3.41. The molecule has 5 heteroatoms. The van der Waals surface area contributed by atoms with Crippen LogP contribution in [0.5, 0.6) is 0 Å². The Hall–Kier alpha value is -2.66. The van der Waals surface area contributed by atoms with E-state index >= 15 is 0 Å². The van der Waals surface area contributed by atoms with Crippen LogP contribution in [-0.2, 0) is 22.6 Å². The smallest absolute Gasteiger partial charge is 0.222 e. The van der Waals surface area contributed by atoms with Crippen LogP contribution >= 0.6 is 0 Å². The first kappa shape index (κ1) is 17.7. The monoisotopic (exact) mass is 363 g/mol. The van der Waals surface area contributed by atoms with Gasteiger partial charge in [-0.2, -0.15) is 0 Å². The Bertz CT molecular complexity index is 891. The van der Waals surface area contributed by atoms with Gasteiger partial charge in [-0.05, 0) is 42.5 Å². The third kappa shape index (κ3) is 4.37. The molecule has 0 radical (unpaired) electrons. The van der Waals surface area contributed by atoms with E-state index in [1.54, 1.807) is 6.20 Å². The van der Waals surface area contributed by atoms with Gasteiger partial charge in [-0.15, -0.1) is 0 Å². The molecule has 1 atom stereocenters. The maximum absolute atomic E-state index is 12.7. The van der Waals surface area contributed by atoms with E-state index in [-0.39, 0.29) is 12.0 Å². The average Bonchev–Trinajstić information content (AvgIpc) is 3.15. The van der Waals surface area contributed by atoms with Crippen LogP contribution < -0.4 is 0 Å². The van der Waals surface area contributed by atoms with Crippen LogP contribution in [-0.4, -0.2) is 40.0 Å². The van der Waals surface area contributed by atoms with Crippen LogP contribution in [0.1, 0.15) is 30.4 Å². The summed E-state index contributed by atoms with van der Waals surface area (Å²) in [6.45, 7) is 2.07. The summed E-state index contributed by atoms with van der Waals surface area (Å²) in [7, 11) is 0. The molecule has 1 aliphatic rings. The molecule has 0 aliphatic carbocycles. The number of amides is 1. The van der Waals surface area contributed by atoms with Gasteiger partial charge in [0.25, 0.3) is 0 Å². The van der Waals surface area contributed by atoms with E-state index in [2.05, 4.69) is 22.1 Å². The van der Waals surface area contributed by atoms with Gasteiger partial charge >= 0.3 is 0 Å². The highest BCUT2D eigenvalue weighted by Gasteiger charge is 2.24. The van der Waals surface area contributed by atoms with Crippen LogP contribution in [0.2, 0.25) is 0 Å². The van der Waals surface area contributed by atoms with E-state index < -0.39 is 0 Å². The maximum atomic E-state index is 12.7. The van der Waals surface area contributed by atoms with E-state index in [0.717, 1.165) is 36.9 Å². The number of piperidine rings is 1. The van der Waals surface area contributed by atoms with Gasteiger partial charge in [0.1, 0.15) is 0 Å². The number of hydrogen-bond donors (Lipinski definition) is 1. The van der Waals surface area contributed by atoms with Gasteiger partial charge in [0, 0.05) is 49.0 Å². The Morgan fingerprint density at radius 1 is 1.26 bits per heavy atom. The van der Waals surface area contributed by atoms with Crippen LogP contribution in [0.3, 0.4) is 0 Å². The first-order valence-electron chi connectivity index (χ1n) is 9.63. The number of pyridine rings is 1. The second kappa shape index (κ2) is 8.35. The number of ether oxygens (including phenoxy) is 1. The molecule has 5 nitrogen and oxygen atoms in total. The number of aromatic nitrogens is 2. The first-order valence-corrected chi connectivity index (χ1v) is 9.63. The second-order valence-electron chi connectivity index (χ2n) is 7.14. The lowest BCUT2D eigenvalue weighted by Crippen LogP contribution is -2.43. The van der Waals surface area contributed by atoms with Gasteiger partial charge in [-0.25, -0.2) is 0 Å². The molecular formula is C22H25N3O2. The number of carbonyl (C=O) groups excluding carboxylic acids is 1. The van der Waals surface area contributed by atoms with E-state index in [9.17, 15) is 4.79 Å². The molecule has 3 aromatic rings. The molecule has 1 N–H and O–H groups in total. The number of H-pyrrole nitrogens is 1. The summed E-state index contributed by atoms with van der Waals surface area (Å²) < 4.78 is 6.02. The number of aryl methyl sites for hydroxylation is 1. The number of carbonyl (C=O) groups is 1. The van der Waals surface area contributed by atoms with Crippen molar-refractivity contribution in [3.8, 4) is 0 Å². The first-order chi connectivity index (χ1) is 13.3. The molecule has 4 rings (SSSR count). The zero-order valence-electron chi connectivity index (χ0n) is 15.4. The summed E-state index contributed by atoms with van der Waals surface area (Å²) in [6, 6.07) is 12.2. The normalized spacial score (nSPS) is 17.3. The molecule has 0 bridgehead atoms. The number of benzene rings is 1. The predicted molar refractivity (Wildman–Crippen MR) is 105 cm³/mol. The Labute approximate surface area is 159 Å². The van der Waals surface area contributed by atoms with Crippen LogP contribution in [0, 0.1) is 0 Å².